The number of amides is 1. The summed E-state index contributed by atoms with van der Waals surface area (Å²) in [5.74, 6) is 0.394. The van der Waals surface area contributed by atoms with Crippen LogP contribution in [0.3, 0.4) is 0 Å². The van der Waals surface area contributed by atoms with Crippen LogP contribution in [0, 0.1) is 5.41 Å². The number of nitrogens with two attached hydrogens (primary N) is 1. The Bertz CT molecular complexity index is 462. The van der Waals surface area contributed by atoms with Crippen molar-refractivity contribution in [1.29, 1.82) is 0 Å². The van der Waals surface area contributed by atoms with Gasteiger partial charge in [0, 0.05) is 17.5 Å². The minimum absolute atomic E-state index is 0.0612. The van der Waals surface area contributed by atoms with E-state index in [1.54, 1.807) is 18.2 Å². The van der Waals surface area contributed by atoms with Crippen LogP contribution in [0.1, 0.15) is 44.0 Å². The van der Waals surface area contributed by atoms with Crippen molar-refractivity contribution in [2.24, 2.45) is 5.41 Å². The molecule has 0 aliphatic rings. The van der Waals surface area contributed by atoms with Gasteiger partial charge in [-0.3, -0.25) is 4.79 Å². The van der Waals surface area contributed by atoms with Gasteiger partial charge >= 0.3 is 0 Å². The summed E-state index contributed by atoms with van der Waals surface area (Å²) in [6.45, 7) is 6.95. The van der Waals surface area contributed by atoms with E-state index >= 15 is 0 Å². The number of ether oxygens (including phenoxy) is 1. The molecule has 1 rings (SSSR count). The maximum Gasteiger partial charge on any atom is 0.251 e. The highest BCUT2D eigenvalue weighted by atomic mass is 16.5. The molecule has 0 aromatic heterocycles. The highest BCUT2D eigenvalue weighted by molar-refractivity contribution is 5.95. The van der Waals surface area contributed by atoms with E-state index < -0.39 is 0 Å². The second kappa shape index (κ2) is 7.88. The molecule has 0 saturated heterocycles. The zero-order chi connectivity index (χ0) is 15.9. The Hall–Kier alpha value is -1.75. The van der Waals surface area contributed by atoms with Crippen molar-refractivity contribution in [3.05, 3.63) is 23.8 Å². The lowest BCUT2D eigenvalue weighted by molar-refractivity contribution is 0.0851. The Morgan fingerprint density at radius 3 is 2.48 bits per heavy atom. The maximum absolute atomic E-state index is 12.2. The molecule has 0 atom stereocenters. The molecule has 0 saturated carbocycles. The number of hydrogen-bond donors (Lipinski definition) is 3. The van der Waals surface area contributed by atoms with Gasteiger partial charge in [0.15, 0.2) is 0 Å². The molecule has 118 valence electrons. The van der Waals surface area contributed by atoms with Crippen LogP contribution in [0.15, 0.2) is 18.2 Å². The molecule has 0 fully saturated rings. The molecule has 5 heteroatoms. The van der Waals surface area contributed by atoms with Gasteiger partial charge in [0.2, 0.25) is 0 Å². The number of hydrogen-bond acceptors (Lipinski definition) is 4. The minimum atomic E-state index is -0.257. The molecular formula is C16H26N2O3. The molecule has 4 N–H and O–H groups in total. The van der Waals surface area contributed by atoms with Gasteiger partial charge in [-0.1, -0.05) is 13.8 Å². The maximum atomic E-state index is 12.2. The lowest BCUT2D eigenvalue weighted by atomic mass is 9.83. The van der Waals surface area contributed by atoms with E-state index in [2.05, 4.69) is 5.32 Å². The average molecular weight is 294 g/mol. The van der Waals surface area contributed by atoms with Gasteiger partial charge in [-0.25, -0.2) is 0 Å². The summed E-state index contributed by atoms with van der Waals surface area (Å²) in [6, 6.07) is 5.00. The van der Waals surface area contributed by atoms with Gasteiger partial charge in [-0.15, -0.1) is 0 Å². The molecule has 0 aliphatic heterocycles. The predicted molar refractivity (Wildman–Crippen MR) is 84.5 cm³/mol. The fourth-order valence-corrected chi connectivity index (χ4v) is 2.13. The Morgan fingerprint density at radius 1 is 1.33 bits per heavy atom. The van der Waals surface area contributed by atoms with Gasteiger partial charge in [-0.2, -0.15) is 0 Å². The number of anilines is 1. The van der Waals surface area contributed by atoms with Crippen molar-refractivity contribution in [2.45, 2.75) is 33.6 Å². The summed E-state index contributed by atoms with van der Waals surface area (Å²) in [4.78, 5) is 12.2. The third-order valence-electron chi connectivity index (χ3n) is 4.03. The Morgan fingerprint density at radius 2 is 2.00 bits per heavy atom. The third kappa shape index (κ3) is 4.36. The standard InChI is InChI=1S/C16H26N2O3/c1-4-16(5-2,11-19)10-18-15(20)12-7-8-14(21-6-3)13(17)9-12/h7-9,19H,4-6,10-11,17H2,1-3H3,(H,18,20). The largest absolute Gasteiger partial charge is 0.492 e. The fraction of sp³-hybridized carbons (Fsp3) is 0.562. The highest BCUT2D eigenvalue weighted by Gasteiger charge is 2.26. The normalized spacial score (nSPS) is 11.2. The first-order chi connectivity index (χ1) is 10.0. The molecule has 1 aromatic carbocycles. The molecule has 1 amide bonds. The quantitative estimate of drug-likeness (QED) is 0.642. The van der Waals surface area contributed by atoms with Crippen LogP contribution in [0.2, 0.25) is 0 Å². The first-order valence-corrected chi connectivity index (χ1v) is 7.43. The van der Waals surface area contributed by atoms with Gasteiger partial charge < -0.3 is 20.9 Å². The van der Waals surface area contributed by atoms with Gasteiger partial charge in [-0.05, 0) is 38.0 Å². The van der Waals surface area contributed by atoms with Crippen molar-refractivity contribution in [2.75, 3.05) is 25.5 Å². The van der Waals surface area contributed by atoms with E-state index in [9.17, 15) is 9.90 Å². The molecule has 21 heavy (non-hydrogen) atoms. The molecule has 5 nitrogen and oxygen atoms in total. The topological polar surface area (TPSA) is 84.6 Å². The predicted octanol–water partition coefficient (Wildman–Crippen LogP) is 2.20. The monoisotopic (exact) mass is 294 g/mol. The Balaban J connectivity index is 2.74. The number of aliphatic hydroxyl groups is 1. The average Bonchev–Trinajstić information content (AvgIpc) is 2.51. The van der Waals surface area contributed by atoms with Crippen LogP contribution in [0.25, 0.3) is 0 Å². The summed E-state index contributed by atoms with van der Waals surface area (Å²) in [5, 5.41) is 12.4. The van der Waals surface area contributed by atoms with Crippen LogP contribution < -0.4 is 15.8 Å². The van der Waals surface area contributed by atoms with E-state index in [4.69, 9.17) is 10.5 Å². The van der Waals surface area contributed by atoms with E-state index in [1.807, 2.05) is 20.8 Å². The highest BCUT2D eigenvalue weighted by Crippen LogP contribution is 2.25. The summed E-state index contributed by atoms with van der Waals surface area (Å²) in [6.07, 6.45) is 1.62. The molecule has 0 radical (unpaired) electrons. The van der Waals surface area contributed by atoms with Crippen LogP contribution >= 0.6 is 0 Å². The fourth-order valence-electron chi connectivity index (χ4n) is 2.13. The number of benzene rings is 1. The second-order valence-corrected chi connectivity index (χ2v) is 5.23. The van der Waals surface area contributed by atoms with Gasteiger partial charge in [0.1, 0.15) is 5.75 Å². The van der Waals surface area contributed by atoms with Crippen LogP contribution in [0.5, 0.6) is 5.75 Å². The Kier molecular flexibility index (Phi) is 6.49. The number of rotatable bonds is 8. The lowest BCUT2D eigenvalue weighted by Gasteiger charge is -2.29. The Labute approximate surface area is 126 Å². The number of nitrogens with one attached hydrogen (secondary N) is 1. The molecule has 0 unspecified atom stereocenters. The molecule has 0 aliphatic carbocycles. The molecule has 0 spiro atoms. The van der Waals surface area contributed by atoms with E-state index in [1.165, 1.54) is 0 Å². The van der Waals surface area contributed by atoms with Crippen LogP contribution in [-0.4, -0.2) is 30.8 Å². The zero-order valence-corrected chi connectivity index (χ0v) is 13.1. The summed E-state index contributed by atoms with van der Waals surface area (Å²) in [5.41, 5.74) is 6.55. The second-order valence-electron chi connectivity index (χ2n) is 5.23. The molecule has 0 bridgehead atoms. The minimum Gasteiger partial charge on any atom is -0.492 e. The first-order valence-electron chi connectivity index (χ1n) is 7.43. The van der Waals surface area contributed by atoms with Crippen molar-refractivity contribution in [3.8, 4) is 5.75 Å². The number of aliphatic hydroxyl groups excluding tert-OH is 1. The van der Waals surface area contributed by atoms with Crippen molar-refractivity contribution >= 4 is 11.6 Å². The lowest BCUT2D eigenvalue weighted by Crippen LogP contribution is -2.39. The molecule has 1 aromatic rings. The summed E-state index contributed by atoms with van der Waals surface area (Å²) < 4.78 is 5.35. The van der Waals surface area contributed by atoms with E-state index in [0.29, 0.717) is 30.2 Å². The third-order valence-corrected chi connectivity index (χ3v) is 4.03. The van der Waals surface area contributed by atoms with Crippen LogP contribution in [0.4, 0.5) is 5.69 Å². The summed E-state index contributed by atoms with van der Waals surface area (Å²) in [7, 11) is 0. The van der Waals surface area contributed by atoms with Crippen molar-refractivity contribution < 1.29 is 14.6 Å². The molecule has 0 heterocycles. The smallest absolute Gasteiger partial charge is 0.251 e. The number of carbonyl (C=O) groups excluding carboxylic acids is 1. The first kappa shape index (κ1) is 17.3. The SMILES string of the molecule is CCOc1ccc(C(=O)NCC(CC)(CC)CO)cc1N. The summed E-state index contributed by atoms with van der Waals surface area (Å²) >= 11 is 0. The number of carbonyl (C=O) groups is 1. The van der Waals surface area contributed by atoms with E-state index in [-0.39, 0.29) is 17.9 Å². The van der Waals surface area contributed by atoms with E-state index in [0.717, 1.165) is 12.8 Å². The van der Waals surface area contributed by atoms with Crippen molar-refractivity contribution in [1.82, 2.24) is 5.32 Å². The molecular weight excluding hydrogens is 268 g/mol. The van der Waals surface area contributed by atoms with Crippen LogP contribution in [-0.2, 0) is 0 Å². The zero-order valence-electron chi connectivity index (χ0n) is 13.1. The number of nitrogen functional groups attached to an aromatic ring is 1. The van der Waals surface area contributed by atoms with Gasteiger partial charge in [0.05, 0.1) is 18.9 Å². The van der Waals surface area contributed by atoms with Gasteiger partial charge in [0.25, 0.3) is 5.91 Å². The van der Waals surface area contributed by atoms with Crippen molar-refractivity contribution in [3.63, 3.8) is 0 Å².